The molecule has 2 atom stereocenters. The van der Waals surface area contributed by atoms with Gasteiger partial charge in [0, 0.05) is 7.11 Å². The van der Waals surface area contributed by atoms with Crippen LogP contribution in [0.4, 0.5) is 0 Å². The van der Waals surface area contributed by atoms with Crippen LogP contribution in [0.25, 0.3) is 0 Å². The Morgan fingerprint density at radius 2 is 2.06 bits per heavy atom. The molecule has 18 heavy (non-hydrogen) atoms. The molecule has 0 bridgehead atoms. The van der Waals surface area contributed by atoms with Crippen molar-refractivity contribution in [2.24, 2.45) is 5.92 Å². The van der Waals surface area contributed by atoms with Crippen LogP contribution in [-0.2, 0) is 4.74 Å². The summed E-state index contributed by atoms with van der Waals surface area (Å²) >= 11 is 0. The van der Waals surface area contributed by atoms with Crippen molar-refractivity contribution in [2.45, 2.75) is 46.2 Å². The smallest absolute Gasteiger partial charge is 0.168 e. The molecule has 0 aliphatic heterocycles. The van der Waals surface area contributed by atoms with Gasteiger partial charge >= 0.3 is 0 Å². The Labute approximate surface area is 109 Å². The van der Waals surface area contributed by atoms with Crippen molar-refractivity contribution < 1.29 is 4.74 Å². The van der Waals surface area contributed by atoms with Gasteiger partial charge in [-0.1, -0.05) is 20.8 Å². The van der Waals surface area contributed by atoms with Crippen molar-refractivity contribution in [3.05, 3.63) is 5.82 Å². The normalized spacial score (nSPS) is 15.0. The van der Waals surface area contributed by atoms with E-state index in [1.165, 1.54) is 0 Å². The standard InChI is InChI=1S/C12H25N5O/c1-6-11(8-18-5)17-12(14-15-16-17)10(4)13-7-9(2)3/h9-11,13H,6-8H2,1-5H3. The van der Waals surface area contributed by atoms with Gasteiger partial charge in [0.15, 0.2) is 5.82 Å². The van der Waals surface area contributed by atoms with Crippen LogP contribution in [0.5, 0.6) is 0 Å². The lowest BCUT2D eigenvalue weighted by atomic mass is 10.2. The van der Waals surface area contributed by atoms with Crippen LogP contribution in [0, 0.1) is 5.92 Å². The maximum atomic E-state index is 5.21. The summed E-state index contributed by atoms with van der Waals surface area (Å²) in [4.78, 5) is 0. The zero-order valence-electron chi connectivity index (χ0n) is 12.1. The van der Waals surface area contributed by atoms with Crippen molar-refractivity contribution in [3.8, 4) is 0 Å². The minimum Gasteiger partial charge on any atom is -0.382 e. The molecule has 6 nitrogen and oxygen atoms in total. The fraction of sp³-hybridized carbons (Fsp3) is 0.917. The molecular formula is C12H25N5O. The van der Waals surface area contributed by atoms with Crippen LogP contribution in [0.15, 0.2) is 0 Å². The Hall–Kier alpha value is -1.01. The number of methoxy groups -OCH3 is 1. The molecule has 104 valence electrons. The second-order valence-corrected chi connectivity index (χ2v) is 5.02. The van der Waals surface area contributed by atoms with Crippen LogP contribution in [0.3, 0.4) is 0 Å². The Balaban J connectivity index is 2.73. The zero-order valence-corrected chi connectivity index (χ0v) is 12.1. The Morgan fingerprint density at radius 3 is 2.61 bits per heavy atom. The number of hydrogen-bond donors (Lipinski definition) is 1. The molecule has 0 saturated carbocycles. The molecule has 0 aromatic carbocycles. The van der Waals surface area contributed by atoms with E-state index in [1.807, 2.05) is 4.68 Å². The number of aromatic nitrogens is 4. The zero-order chi connectivity index (χ0) is 13.5. The number of rotatable bonds is 8. The van der Waals surface area contributed by atoms with Gasteiger partial charge in [0.05, 0.1) is 18.7 Å². The molecule has 1 rings (SSSR count). The quantitative estimate of drug-likeness (QED) is 0.764. The summed E-state index contributed by atoms with van der Waals surface area (Å²) in [7, 11) is 1.70. The third kappa shape index (κ3) is 4.03. The third-order valence-electron chi connectivity index (χ3n) is 2.91. The van der Waals surface area contributed by atoms with Crippen molar-refractivity contribution >= 4 is 0 Å². The molecule has 0 amide bonds. The van der Waals surface area contributed by atoms with Crippen molar-refractivity contribution in [3.63, 3.8) is 0 Å². The Kier molecular flexibility index (Phi) is 6.21. The Morgan fingerprint density at radius 1 is 1.33 bits per heavy atom. The van der Waals surface area contributed by atoms with Gasteiger partial charge in [0.1, 0.15) is 0 Å². The summed E-state index contributed by atoms with van der Waals surface area (Å²) in [6.45, 7) is 10.1. The lowest BCUT2D eigenvalue weighted by Gasteiger charge is -2.19. The maximum absolute atomic E-state index is 5.21. The first-order valence-corrected chi connectivity index (χ1v) is 6.60. The monoisotopic (exact) mass is 255 g/mol. The van der Waals surface area contributed by atoms with Gasteiger partial charge in [-0.3, -0.25) is 0 Å². The average Bonchev–Trinajstić information content (AvgIpc) is 2.81. The van der Waals surface area contributed by atoms with Gasteiger partial charge in [-0.15, -0.1) is 5.10 Å². The van der Waals surface area contributed by atoms with Crippen LogP contribution < -0.4 is 5.32 Å². The summed E-state index contributed by atoms with van der Waals surface area (Å²) in [5.74, 6) is 1.48. The first-order valence-electron chi connectivity index (χ1n) is 6.60. The van der Waals surface area contributed by atoms with Crippen LogP contribution in [0.2, 0.25) is 0 Å². The lowest BCUT2D eigenvalue weighted by Crippen LogP contribution is -2.28. The molecule has 0 fully saturated rings. The van der Waals surface area contributed by atoms with Crippen molar-refractivity contribution in [1.29, 1.82) is 0 Å². The van der Waals surface area contributed by atoms with Gasteiger partial charge < -0.3 is 10.1 Å². The minimum atomic E-state index is 0.147. The van der Waals surface area contributed by atoms with Crippen LogP contribution in [0.1, 0.15) is 52.0 Å². The molecular weight excluding hydrogens is 230 g/mol. The fourth-order valence-corrected chi connectivity index (χ4v) is 1.80. The highest BCUT2D eigenvalue weighted by Gasteiger charge is 2.19. The third-order valence-corrected chi connectivity index (χ3v) is 2.91. The van der Waals surface area contributed by atoms with Gasteiger partial charge in [0.25, 0.3) is 0 Å². The molecule has 6 heteroatoms. The topological polar surface area (TPSA) is 64.9 Å². The number of ether oxygens (including phenoxy) is 1. The molecule has 1 aromatic rings. The van der Waals surface area contributed by atoms with Crippen LogP contribution >= 0.6 is 0 Å². The van der Waals surface area contributed by atoms with Crippen molar-refractivity contribution in [2.75, 3.05) is 20.3 Å². The molecule has 0 spiro atoms. The summed E-state index contributed by atoms with van der Waals surface area (Å²) in [6, 6.07) is 0.344. The van der Waals surface area contributed by atoms with Gasteiger partial charge in [-0.2, -0.15) is 0 Å². The summed E-state index contributed by atoms with van der Waals surface area (Å²) in [5.41, 5.74) is 0. The largest absolute Gasteiger partial charge is 0.382 e. The number of hydrogen-bond acceptors (Lipinski definition) is 5. The predicted molar refractivity (Wildman–Crippen MR) is 70.3 cm³/mol. The predicted octanol–water partition coefficient (Wildman–Crippen LogP) is 1.58. The molecule has 1 heterocycles. The van der Waals surface area contributed by atoms with E-state index >= 15 is 0 Å². The highest BCUT2D eigenvalue weighted by molar-refractivity contribution is 4.92. The van der Waals surface area contributed by atoms with E-state index in [2.05, 4.69) is 48.5 Å². The summed E-state index contributed by atoms with van der Waals surface area (Å²) in [5, 5.41) is 15.4. The summed E-state index contributed by atoms with van der Waals surface area (Å²) < 4.78 is 7.09. The van der Waals surface area contributed by atoms with Crippen LogP contribution in [-0.4, -0.2) is 40.5 Å². The molecule has 1 N–H and O–H groups in total. The number of nitrogens with one attached hydrogen (secondary N) is 1. The molecule has 0 aliphatic rings. The second kappa shape index (κ2) is 7.43. The van der Waals surface area contributed by atoms with E-state index in [9.17, 15) is 0 Å². The first kappa shape index (κ1) is 15.0. The SMILES string of the molecule is CCC(COC)n1nnnc1C(C)NCC(C)C. The van der Waals surface area contributed by atoms with E-state index in [0.29, 0.717) is 12.5 Å². The van der Waals surface area contributed by atoms with E-state index in [4.69, 9.17) is 4.74 Å². The van der Waals surface area contributed by atoms with E-state index in [1.54, 1.807) is 7.11 Å². The van der Waals surface area contributed by atoms with Gasteiger partial charge in [-0.05, 0) is 36.2 Å². The fourth-order valence-electron chi connectivity index (χ4n) is 1.80. The Bertz CT molecular complexity index is 339. The highest BCUT2D eigenvalue weighted by atomic mass is 16.5. The molecule has 0 saturated heterocycles. The van der Waals surface area contributed by atoms with E-state index in [0.717, 1.165) is 18.8 Å². The van der Waals surface area contributed by atoms with Gasteiger partial charge in [0.2, 0.25) is 0 Å². The molecule has 0 aliphatic carbocycles. The van der Waals surface area contributed by atoms with E-state index < -0.39 is 0 Å². The maximum Gasteiger partial charge on any atom is 0.168 e. The average molecular weight is 255 g/mol. The minimum absolute atomic E-state index is 0.147. The van der Waals surface area contributed by atoms with Crippen molar-refractivity contribution in [1.82, 2.24) is 25.5 Å². The number of nitrogens with zero attached hydrogens (tertiary/aromatic N) is 4. The second-order valence-electron chi connectivity index (χ2n) is 5.02. The lowest BCUT2D eigenvalue weighted by molar-refractivity contribution is 0.143. The molecule has 2 unspecified atom stereocenters. The van der Waals surface area contributed by atoms with E-state index in [-0.39, 0.29) is 12.1 Å². The summed E-state index contributed by atoms with van der Waals surface area (Å²) in [6.07, 6.45) is 0.947. The van der Waals surface area contributed by atoms with Gasteiger partial charge in [-0.25, -0.2) is 4.68 Å². The molecule has 1 aromatic heterocycles. The number of tetrazole rings is 1. The highest BCUT2D eigenvalue weighted by Crippen LogP contribution is 2.16. The first-order chi connectivity index (χ1) is 8.60. The molecule has 0 radical (unpaired) electrons.